The Morgan fingerprint density at radius 1 is 0.818 bits per heavy atom. The molecule has 0 saturated carbocycles. The lowest BCUT2D eigenvalue weighted by molar-refractivity contribution is 0.413. The topological polar surface area (TPSA) is 92.4 Å². The number of halogens is 1. The molecule has 0 atom stereocenters. The molecular formula is C25H17FN6O. The third-order valence-electron chi connectivity index (χ3n) is 5.62. The Kier molecular flexibility index (Phi) is 4.36. The van der Waals surface area contributed by atoms with Gasteiger partial charge < -0.3 is 9.72 Å². The van der Waals surface area contributed by atoms with Crippen molar-refractivity contribution in [1.82, 2.24) is 30.1 Å². The zero-order valence-electron chi connectivity index (χ0n) is 17.5. The van der Waals surface area contributed by atoms with Gasteiger partial charge in [0.1, 0.15) is 17.3 Å². The molecule has 0 unspecified atom stereocenters. The second-order valence-electron chi connectivity index (χ2n) is 7.62. The van der Waals surface area contributed by atoms with Crippen LogP contribution in [0.25, 0.3) is 55.7 Å². The fraction of sp³-hybridized carbons (Fsp3) is 0.0400. The van der Waals surface area contributed by atoms with E-state index in [0.717, 1.165) is 50.1 Å². The van der Waals surface area contributed by atoms with Crippen LogP contribution < -0.4 is 4.74 Å². The Morgan fingerprint density at radius 3 is 2.52 bits per heavy atom. The van der Waals surface area contributed by atoms with Gasteiger partial charge in [0.2, 0.25) is 0 Å². The first-order chi connectivity index (χ1) is 16.2. The predicted octanol–water partition coefficient (Wildman–Crippen LogP) is 5.38. The van der Waals surface area contributed by atoms with E-state index in [4.69, 9.17) is 4.74 Å². The van der Waals surface area contributed by atoms with Crippen LogP contribution in [-0.4, -0.2) is 37.2 Å². The van der Waals surface area contributed by atoms with Crippen molar-refractivity contribution in [2.24, 2.45) is 0 Å². The highest BCUT2D eigenvalue weighted by Crippen LogP contribution is 2.34. The minimum absolute atomic E-state index is 0.279. The number of nitrogens with zero attached hydrogens (tertiary/aromatic N) is 4. The highest BCUT2D eigenvalue weighted by molar-refractivity contribution is 5.99. The van der Waals surface area contributed by atoms with E-state index in [1.807, 2.05) is 24.3 Å². The standard InChI is InChI=1S/C25H17FN6O/c1-33-18-8-15(11-27-13-18)16-9-20-24(31-32-25(20)29-12-16)22-10-19-21(30-22)6-7-28-23(19)14-2-4-17(26)5-3-14/h2-13,30H,1H3,(H,29,31,32). The average Bonchev–Trinajstić information content (AvgIpc) is 3.48. The fourth-order valence-electron chi connectivity index (χ4n) is 3.97. The molecule has 0 saturated heterocycles. The van der Waals surface area contributed by atoms with Crippen LogP contribution in [0.3, 0.4) is 0 Å². The lowest BCUT2D eigenvalue weighted by Gasteiger charge is -2.04. The number of methoxy groups -OCH3 is 1. The Hall–Kier alpha value is -4.59. The highest BCUT2D eigenvalue weighted by Gasteiger charge is 2.16. The molecule has 1 aromatic carbocycles. The Balaban J connectivity index is 1.48. The van der Waals surface area contributed by atoms with Crippen molar-refractivity contribution >= 4 is 21.9 Å². The molecule has 5 aromatic heterocycles. The van der Waals surface area contributed by atoms with Crippen molar-refractivity contribution in [3.8, 4) is 39.5 Å². The summed E-state index contributed by atoms with van der Waals surface area (Å²) in [6.07, 6.45) is 6.95. The maximum absolute atomic E-state index is 13.4. The van der Waals surface area contributed by atoms with E-state index < -0.39 is 0 Å². The monoisotopic (exact) mass is 436 g/mol. The summed E-state index contributed by atoms with van der Waals surface area (Å²) >= 11 is 0. The van der Waals surface area contributed by atoms with Crippen LogP contribution >= 0.6 is 0 Å². The summed E-state index contributed by atoms with van der Waals surface area (Å²) in [6, 6.07) is 14.2. The molecular weight excluding hydrogens is 419 g/mol. The molecule has 7 nitrogen and oxygen atoms in total. The molecule has 0 aliphatic carbocycles. The number of benzene rings is 1. The number of fused-ring (bicyclic) bond motifs is 2. The molecule has 33 heavy (non-hydrogen) atoms. The number of ether oxygens (including phenoxy) is 1. The molecule has 8 heteroatoms. The van der Waals surface area contributed by atoms with Gasteiger partial charge in [0.15, 0.2) is 5.65 Å². The zero-order chi connectivity index (χ0) is 22.4. The number of pyridine rings is 3. The summed E-state index contributed by atoms with van der Waals surface area (Å²) in [6.45, 7) is 0. The van der Waals surface area contributed by atoms with E-state index in [-0.39, 0.29) is 5.82 Å². The Morgan fingerprint density at radius 2 is 1.67 bits per heavy atom. The van der Waals surface area contributed by atoms with Gasteiger partial charge in [-0.15, -0.1) is 0 Å². The summed E-state index contributed by atoms with van der Waals surface area (Å²) in [4.78, 5) is 16.7. The van der Waals surface area contributed by atoms with E-state index in [0.29, 0.717) is 11.4 Å². The van der Waals surface area contributed by atoms with E-state index in [1.165, 1.54) is 12.1 Å². The molecule has 0 aliphatic heterocycles. The number of hydrogen-bond donors (Lipinski definition) is 2. The molecule has 5 heterocycles. The van der Waals surface area contributed by atoms with Crippen molar-refractivity contribution in [1.29, 1.82) is 0 Å². The third kappa shape index (κ3) is 3.28. The van der Waals surface area contributed by atoms with Crippen LogP contribution in [0.1, 0.15) is 0 Å². The van der Waals surface area contributed by atoms with Crippen LogP contribution in [0.15, 0.2) is 73.3 Å². The molecule has 0 bridgehead atoms. The predicted molar refractivity (Wildman–Crippen MR) is 124 cm³/mol. The summed E-state index contributed by atoms with van der Waals surface area (Å²) in [7, 11) is 1.61. The third-order valence-corrected chi connectivity index (χ3v) is 5.62. The fourth-order valence-corrected chi connectivity index (χ4v) is 3.97. The van der Waals surface area contributed by atoms with Crippen molar-refractivity contribution in [2.75, 3.05) is 7.11 Å². The second-order valence-corrected chi connectivity index (χ2v) is 7.62. The van der Waals surface area contributed by atoms with Crippen LogP contribution in [0.2, 0.25) is 0 Å². The first kappa shape index (κ1) is 19.1. The number of hydrogen-bond acceptors (Lipinski definition) is 5. The minimum Gasteiger partial charge on any atom is -0.495 e. The van der Waals surface area contributed by atoms with Crippen molar-refractivity contribution < 1.29 is 9.13 Å². The van der Waals surface area contributed by atoms with Crippen LogP contribution in [-0.2, 0) is 0 Å². The molecule has 0 fully saturated rings. The van der Waals surface area contributed by atoms with Crippen molar-refractivity contribution in [3.05, 3.63) is 79.1 Å². The number of nitrogens with one attached hydrogen (secondary N) is 2. The van der Waals surface area contributed by atoms with E-state index in [9.17, 15) is 4.39 Å². The minimum atomic E-state index is -0.279. The Labute approximate surface area is 187 Å². The summed E-state index contributed by atoms with van der Waals surface area (Å²) < 4.78 is 18.7. The number of aromatic amines is 2. The largest absolute Gasteiger partial charge is 0.495 e. The number of rotatable bonds is 4. The van der Waals surface area contributed by atoms with Gasteiger partial charge in [-0.3, -0.25) is 15.1 Å². The van der Waals surface area contributed by atoms with E-state index in [1.54, 1.807) is 44.0 Å². The lowest BCUT2D eigenvalue weighted by Crippen LogP contribution is -1.87. The normalized spacial score (nSPS) is 11.3. The highest BCUT2D eigenvalue weighted by atomic mass is 19.1. The zero-order valence-corrected chi connectivity index (χ0v) is 17.5. The second kappa shape index (κ2) is 7.52. The quantitative estimate of drug-likeness (QED) is 0.387. The van der Waals surface area contributed by atoms with Gasteiger partial charge in [-0.05, 0) is 48.5 Å². The molecule has 0 amide bonds. The summed E-state index contributed by atoms with van der Waals surface area (Å²) in [5.41, 5.74) is 6.59. The number of H-pyrrole nitrogens is 2. The summed E-state index contributed by atoms with van der Waals surface area (Å²) in [5.74, 6) is 0.398. The Bertz CT molecular complexity index is 1620. The number of aromatic nitrogens is 6. The van der Waals surface area contributed by atoms with Gasteiger partial charge >= 0.3 is 0 Å². The smallest absolute Gasteiger partial charge is 0.155 e. The van der Waals surface area contributed by atoms with Crippen molar-refractivity contribution in [2.45, 2.75) is 0 Å². The van der Waals surface area contributed by atoms with Gasteiger partial charge in [0.25, 0.3) is 0 Å². The van der Waals surface area contributed by atoms with E-state index in [2.05, 4.69) is 30.1 Å². The van der Waals surface area contributed by atoms with Crippen LogP contribution in [0, 0.1) is 5.82 Å². The van der Waals surface area contributed by atoms with Gasteiger partial charge in [0.05, 0.1) is 24.7 Å². The van der Waals surface area contributed by atoms with Gasteiger partial charge in [0, 0.05) is 51.6 Å². The maximum Gasteiger partial charge on any atom is 0.155 e. The molecule has 0 radical (unpaired) electrons. The van der Waals surface area contributed by atoms with Crippen molar-refractivity contribution in [3.63, 3.8) is 0 Å². The first-order valence-corrected chi connectivity index (χ1v) is 10.3. The van der Waals surface area contributed by atoms with Gasteiger partial charge in [-0.2, -0.15) is 5.10 Å². The maximum atomic E-state index is 13.4. The summed E-state index contributed by atoms with van der Waals surface area (Å²) in [5, 5.41) is 9.32. The molecule has 160 valence electrons. The molecule has 2 N–H and O–H groups in total. The van der Waals surface area contributed by atoms with E-state index >= 15 is 0 Å². The van der Waals surface area contributed by atoms with Gasteiger partial charge in [-0.1, -0.05) is 0 Å². The van der Waals surface area contributed by atoms with Gasteiger partial charge in [-0.25, -0.2) is 9.37 Å². The molecule has 0 spiro atoms. The SMILES string of the molecule is COc1cncc(-c2cnc3[nH]nc(-c4cc5c(-c6ccc(F)cc6)nccc5[nH]4)c3c2)c1. The first-order valence-electron chi connectivity index (χ1n) is 10.3. The molecule has 6 rings (SSSR count). The van der Waals surface area contributed by atoms with Crippen LogP contribution in [0.4, 0.5) is 4.39 Å². The molecule has 0 aliphatic rings. The molecule has 6 aromatic rings. The van der Waals surface area contributed by atoms with Crippen LogP contribution in [0.5, 0.6) is 5.75 Å². The lowest BCUT2D eigenvalue weighted by atomic mass is 10.1. The average molecular weight is 436 g/mol.